The lowest BCUT2D eigenvalue weighted by Crippen LogP contribution is -2.23. The van der Waals surface area contributed by atoms with Crippen LogP contribution in [-0.2, 0) is 17.8 Å². The highest BCUT2D eigenvalue weighted by Gasteiger charge is 2.28. The van der Waals surface area contributed by atoms with Gasteiger partial charge in [0, 0.05) is 36.3 Å². The largest absolute Gasteiger partial charge is 0.484 e. The average molecular weight is 408 g/mol. The van der Waals surface area contributed by atoms with E-state index in [0.717, 1.165) is 5.56 Å². The first-order valence-electron chi connectivity index (χ1n) is 9.10. The lowest BCUT2D eigenvalue weighted by Gasteiger charge is -2.13. The van der Waals surface area contributed by atoms with Gasteiger partial charge in [0.05, 0.1) is 0 Å². The van der Waals surface area contributed by atoms with E-state index in [9.17, 15) is 22.8 Å². The topological polar surface area (TPSA) is 68.3 Å². The fraction of sp³-hybridized carbons (Fsp3) is 0.381. The van der Waals surface area contributed by atoms with E-state index in [-0.39, 0.29) is 36.3 Å². The average Bonchev–Trinajstić information content (AvgIpc) is 2.64. The molecule has 1 heterocycles. The van der Waals surface area contributed by atoms with Crippen LogP contribution in [0.2, 0.25) is 0 Å². The second-order valence-corrected chi connectivity index (χ2v) is 7.02. The fourth-order valence-corrected chi connectivity index (χ4v) is 2.53. The van der Waals surface area contributed by atoms with Gasteiger partial charge < -0.3 is 10.1 Å². The normalized spacial score (nSPS) is 11.4. The van der Waals surface area contributed by atoms with Crippen LogP contribution >= 0.6 is 0 Å². The smallest absolute Gasteiger partial charge is 0.422 e. The Morgan fingerprint density at radius 3 is 2.52 bits per heavy atom. The Balaban J connectivity index is 1.97. The van der Waals surface area contributed by atoms with Crippen LogP contribution in [0.1, 0.15) is 41.0 Å². The molecular weight excluding hydrogens is 385 g/mol. The third-order valence-electron chi connectivity index (χ3n) is 4.16. The molecule has 0 fully saturated rings. The van der Waals surface area contributed by atoms with Crippen molar-refractivity contribution in [2.45, 2.75) is 39.9 Å². The van der Waals surface area contributed by atoms with Crippen molar-refractivity contribution < 1.29 is 27.5 Å². The molecule has 0 aliphatic heterocycles. The summed E-state index contributed by atoms with van der Waals surface area (Å²) in [6, 6.07) is 7.83. The predicted octanol–water partition coefficient (Wildman–Crippen LogP) is 4.03. The quantitative estimate of drug-likeness (QED) is 0.716. The van der Waals surface area contributed by atoms with E-state index in [4.69, 9.17) is 4.74 Å². The fourth-order valence-electron chi connectivity index (χ4n) is 2.53. The Bertz CT molecular complexity index is 880. The van der Waals surface area contributed by atoms with Crippen LogP contribution in [0.4, 0.5) is 13.2 Å². The van der Waals surface area contributed by atoms with Crippen molar-refractivity contribution >= 4 is 11.7 Å². The van der Waals surface area contributed by atoms with E-state index < -0.39 is 12.8 Å². The second kappa shape index (κ2) is 9.54. The van der Waals surface area contributed by atoms with Crippen LogP contribution in [0.3, 0.4) is 0 Å². The van der Waals surface area contributed by atoms with Crippen LogP contribution < -0.4 is 10.1 Å². The minimum atomic E-state index is -4.40. The Morgan fingerprint density at radius 1 is 1.17 bits per heavy atom. The van der Waals surface area contributed by atoms with Crippen LogP contribution in [0.15, 0.2) is 36.5 Å². The summed E-state index contributed by atoms with van der Waals surface area (Å²) in [7, 11) is 0. The van der Waals surface area contributed by atoms with Crippen molar-refractivity contribution in [1.82, 2.24) is 10.3 Å². The lowest BCUT2D eigenvalue weighted by molar-refractivity contribution is -0.153. The van der Waals surface area contributed by atoms with Gasteiger partial charge in [-0.1, -0.05) is 26.0 Å². The van der Waals surface area contributed by atoms with Gasteiger partial charge in [-0.25, -0.2) is 0 Å². The summed E-state index contributed by atoms with van der Waals surface area (Å²) >= 11 is 0. The molecule has 8 heteroatoms. The number of aryl methyl sites for hydroxylation is 1. The number of carbonyl (C=O) groups is 2. The first-order valence-corrected chi connectivity index (χ1v) is 9.10. The maximum Gasteiger partial charge on any atom is 0.422 e. The van der Waals surface area contributed by atoms with Gasteiger partial charge >= 0.3 is 6.18 Å². The molecule has 2 aromatic rings. The molecule has 5 nitrogen and oxygen atoms in total. The molecular formula is C21H23F3N2O3. The van der Waals surface area contributed by atoms with Gasteiger partial charge in [-0.05, 0) is 36.2 Å². The number of rotatable bonds is 8. The minimum absolute atomic E-state index is 0.0402. The molecule has 0 bridgehead atoms. The second-order valence-electron chi connectivity index (χ2n) is 7.02. The van der Waals surface area contributed by atoms with E-state index in [2.05, 4.69) is 10.3 Å². The molecule has 0 aliphatic rings. The van der Waals surface area contributed by atoms with E-state index in [0.29, 0.717) is 16.8 Å². The number of hydrogen-bond donors (Lipinski definition) is 1. The molecule has 0 saturated heterocycles. The Hall–Kier alpha value is -2.90. The van der Waals surface area contributed by atoms with Crippen molar-refractivity contribution in [3.05, 3.63) is 58.9 Å². The number of pyridine rings is 1. The van der Waals surface area contributed by atoms with Gasteiger partial charge in [0.25, 0.3) is 5.91 Å². The number of ether oxygens (including phenoxy) is 1. The van der Waals surface area contributed by atoms with Crippen molar-refractivity contribution in [3.63, 3.8) is 0 Å². The van der Waals surface area contributed by atoms with Crippen molar-refractivity contribution in [1.29, 1.82) is 0 Å². The summed E-state index contributed by atoms with van der Waals surface area (Å²) in [5.41, 5.74) is 2.17. The number of ketones is 1. The molecule has 1 amide bonds. The first kappa shape index (κ1) is 22.4. The van der Waals surface area contributed by atoms with Crippen LogP contribution in [0.25, 0.3) is 0 Å². The Morgan fingerprint density at radius 2 is 1.90 bits per heavy atom. The van der Waals surface area contributed by atoms with E-state index in [1.165, 1.54) is 12.3 Å². The molecule has 0 atom stereocenters. The highest BCUT2D eigenvalue weighted by atomic mass is 19.4. The number of halogens is 3. The third-order valence-corrected chi connectivity index (χ3v) is 4.16. The first-order chi connectivity index (χ1) is 13.5. The number of amides is 1. The van der Waals surface area contributed by atoms with Gasteiger partial charge in [0.2, 0.25) is 0 Å². The number of aromatic nitrogens is 1. The maximum atomic E-state index is 12.4. The van der Waals surface area contributed by atoms with Crippen molar-refractivity contribution in [3.8, 4) is 5.75 Å². The third kappa shape index (κ3) is 7.21. The Kier molecular flexibility index (Phi) is 7.36. The number of nitrogens with zero attached hydrogens (tertiary/aromatic N) is 1. The molecule has 0 unspecified atom stereocenters. The Labute approximate surface area is 167 Å². The zero-order chi connectivity index (χ0) is 21.6. The van der Waals surface area contributed by atoms with Crippen molar-refractivity contribution in [2.24, 2.45) is 5.92 Å². The molecule has 0 radical (unpaired) electrons. The molecule has 156 valence electrons. The molecule has 29 heavy (non-hydrogen) atoms. The van der Waals surface area contributed by atoms with Gasteiger partial charge in [-0.3, -0.25) is 14.6 Å². The molecule has 0 aliphatic carbocycles. The van der Waals surface area contributed by atoms with Crippen LogP contribution in [0.5, 0.6) is 5.75 Å². The molecule has 1 aromatic carbocycles. The van der Waals surface area contributed by atoms with Gasteiger partial charge in [0.1, 0.15) is 11.5 Å². The van der Waals surface area contributed by atoms with E-state index in [1.807, 2.05) is 0 Å². The highest BCUT2D eigenvalue weighted by Crippen LogP contribution is 2.22. The maximum absolute atomic E-state index is 12.4. The zero-order valence-corrected chi connectivity index (χ0v) is 16.5. The molecule has 1 N–H and O–H groups in total. The van der Waals surface area contributed by atoms with Crippen molar-refractivity contribution in [2.75, 3.05) is 6.61 Å². The number of alkyl halides is 3. The number of Topliss-reactive ketones (excluding diaryl/α,β-unsaturated/α-hetero) is 1. The summed E-state index contributed by atoms with van der Waals surface area (Å²) < 4.78 is 41.6. The van der Waals surface area contributed by atoms with Crippen LogP contribution in [-0.4, -0.2) is 29.5 Å². The van der Waals surface area contributed by atoms with Gasteiger partial charge in [0.15, 0.2) is 6.61 Å². The molecule has 0 spiro atoms. The number of carbonyl (C=O) groups excluding carboxylic acids is 2. The predicted molar refractivity (Wildman–Crippen MR) is 102 cm³/mol. The van der Waals surface area contributed by atoms with Gasteiger partial charge in [-0.2, -0.15) is 13.2 Å². The standard InChI is InChI=1S/C21H23F3N2O3/c1-13(2)18(27)10-17-9-16(6-7-25-17)20(28)26-11-15-4-5-19(14(3)8-15)29-12-21(22,23)24/h4-9,13H,10-12H2,1-3H3,(H,26,28). The van der Waals surface area contributed by atoms with E-state index in [1.54, 1.807) is 45.0 Å². The van der Waals surface area contributed by atoms with Gasteiger partial charge in [-0.15, -0.1) is 0 Å². The number of benzene rings is 1. The number of hydrogen-bond acceptors (Lipinski definition) is 4. The summed E-state index contributed by atoms with van der Waals surface area (Å²) in [6.45, 7) is 4.09. The van der Waals surface area contributed by atoms with E-state index >= 15 is 0 Å². The summed E-state index contributed by atoms with van der Waals surface area (Å²) in [6.07, 6.45) is -2.76. The highest BCUT2D eigenvalue weighted by molar-refractivity contribution is 5.94. The molecule has 0 saturated carbocycles. The van der Waals surface area contributed by atoms with Crippen LogP contribution in [0, 0.1) is 12.8 Å². The SMILES string of the molecule is Cc1cc(CNC(=O)c2ccnc(CC(=O)C(C)C)c2)ccc1OCC(F)(F)F. The summed E-state index contributed by atoms with van der Waals surface area (Å²) in [5, 5.41) is 2.75. The summed E-state index contributed by atoms with van der Waals surface area (Å²) in [4.78, 5) is 28.4. The summed E-state index contributed by atoms with van der Waals surface area (Å²) in [5.74, 6) is -0.259. The number of nitrogens with one attached hydrogen (secondary N) is 1. The molecule has 2 rings (SSSR count). The molecule has 1 aromatic heterocycles. The minimum Gasteiger partial charge on any atom is -0.484 e. The zero-order valence-electron chi connectivity index (χ0n) is 16.5. The lowest BCUT2D eigenvalue weighted by atomic mass is 10.0. The monoisotopic (exact) mass is 408 g/mol.